The van der Waals surface area contributed by atoms with Gasteiger partial charge in [0.1, 0.15) is 5.82 Å². The van der Waals surface area contributed by atoms with E-state index in [9.17, 15) is 14.0 Å². The van der Waals surface area contributed by atoms with E-state index in [1.807, 2.05) is 6.92 Å². The molecule has 126 valence electrons. The first-order valence-corrected chi connectivity index (χ1v) is 7.65. The molecule has 2 aromatic carbocycles. The van der Waals surface area contributed by atoms with Crippen LogP contribution in [0.25, 0.3) is 0 Å². The summed E-state index contributed by atoms with van der Waals surface area (Å²) in [5.74, 6) is -0.962. The molecule has 0 unspecified atom stereocenters. The van der Waals surface area contributed by atoms with Crippen LogP contribution in [0.4, 0.5) is 15.8 Å². The third-order valence-electron chi connectivity index (χ3n) is 3.14. The third kappa shape index (κ3) is 5.39. The number of carbonyl (C=O) groups excluding carboxylic acids is 2. The molecule has 5 nitrogen and oxygen atoms in total. The average molecular weight is 330 g/mol. The smallest absolute Gasteiger partial charge is 0.338 e. The molecule has 2 aromatic rings. The lowest BCUT2D eigenvalue weighted by atomic mass is 10.2. The summed E-state index contributed by atoms with van der Waals surface area (Å²) in [6, 6.07) is 12.2. The van der Waals surface area contributed by atoms with Gasteiger partial charge in [0.15, 0.2) is 0 Å². The van der Waals surface area contributed by atoms with Gasteiger partial charge >= 0.3 is 5.97 Å². The molecule has 0 aromatic heterocycles. The quantitative estimate of drug-likeness (QED) is 0.763. The second-order valence-corrected chi connectivity index (χ2v) is 5.12. The Morgan fingerprint density at radius 3 is 2.25 bits per heavy atom. The Balaban J connectivity index is 1.83. The molecule has 0 saturated heterocycles. The Morgan fingerprint density at radius 1 is 1.00 bits per heavy atom. The molecule has 24 heavy (non-hydrogen) atoms. The van der Waals surface area contributed by atoms with Gasteiger partial charge in [-0.1, -0.05) is 6.92 Å². The molecule has 0 aliphatic carbocycles. The molecule has 2 N–H and O–H groups in total. The van der Waals surface area contributed by atoms with Gasteiger partial charge in [-0.05, 0) is 55.0 Å². The molecule has 0 fully saturated rings. The number of amides is 1. The van der Waals surface area contributed by atoms with Gasteiger partial charge < -0.3 is 15.4 Å². The standard InChI is InChI=1S/C18H19FN2O3/c1-2-11-24-18(23)13-3-7-16(8-4-13)21-17(22)12-20-15-9-5-14(19)6-10-15/h3-10,20H,2,11-12H2,1H3,(H,21,22). The Hall–Kier alpha value is -2.89. The number of hydrogen-bond acceptors (Lipinski definition) is 4. The molecule has 0 atom stereocenters. The van der Waals surface area contributed by atoms with E-state index in [1.165, 1.54) is 12.1 Å². The van der Waals surface area contributed by atoms with Crippen molar-refractivity contribution in [1.82, 2.24) is 0 Å². The summed E-state index contributed by atoms with van der Waals surface area (Å²) in [5, 5.41) is 5.60. The molecule has 0 spiro atoms. The maximum atomic E-state index is 12.8. The summed E-state index contributed by atoms with van der Waals surface area (Å²) in [6.45, 7) is 2.35. The zero-order chi connectivity index (χ0) is 17.4. The summed E-state index contributed by atoms with van der Waals surface area (Å²) in [5.41, 5.74) is 1.67. The Labute approximate surface area is 139 Å². The molecule has 2 rings (SSSR count). The van der Waals surface area contributed by atoms with Crippen LogP contribution in [0.15, 0.2) is 48.5 Å². The molecule has 6 heteroatoms. The van der Waals surface area contributed by atoms with E-state index in [2.05, 4.69) is 10.6 Å². The van der Waals surface area contributed by atoms with Crippen molar-refractivity contribution in [3.05, 3.63) is 59.9 Å². The van der Waals surface area contributed by atoms with E-state index in [1.54, 1.807) is 36.4 Å². The van der Waals surface area contributed by atoms with E-state index < -0.39 is 0 Å². The van der Waals surface area contributed by atoms with Crippen molar-refractivity contribution in [2.45, 2.75) is 13.3 Å². The lowest BCUT2D eigenvalue weighted by Crippen LogP contribution is -2.21. The van der Waals surface area contributed by atoms with Gasteiger partial charge in [0.2, 0.25) is 5.91 Å². The van der Waals surface area contributed by atoms with Crippen LogP contribution in [0.2, 0.25) is 0 Å². The van der Waals surface area contributed by atoms with Crippen molar-refractivity contribution >= 4 is 23.3 Å². The first kappa shape index (κ1) is 17.5. The summed E-state index contributed by atoms with van der Waals surface area (Å²) in [7, 11) is 0. The van der Waals surface area contributed by atoms with Crippen LogP contribution < -0.4 is 10.6 Å². The number of hydrogen-bond donors (Lipinski definition) is 2. The second kappa shape index (κ2) is 8.67. The molecular formula is C18H19FN2O3. The lowest BCUT2D eigenvalue weighted by molar-refractivity contribution is -0.114. The predicted octanol–water partition coefficient (Wildman–Crippen LogP) is 3.44. The number of rotatable bonds is 7. The Morgan fingerprint density at radius 2 is 1.62 bits per heavy atom. The third-order valence-corrected chi connectivity index (χ3v) is 3.14. The van der Waals surface area contributed by atoms with Crippen LogP contribution >= 0.6 is 0 Å². The normalized spacial score (nSPS) is 10.1. The number of benzene rings is 2. The highest BCUT2D eigenvalue weighted by Gasteiger charge is 2.07. The van der Waals surface area contributed by atoms with Gasteiger partial charge in [0.25, 0.3) is 0 Å². The number of anilines is 2. The molecule has 0 bridgehead atoms. The maximum Gasteiger partial charge on any atom is 0.338 e. The van der Waals surface area contributed by atoms with Crippen LogP contribution in [0.3, 0.4) is 0 Å². The molecule has 0 heterocycles. The fourth-order valence-corrected chi connectivity index (χ4v) is 1.92. The van der Waals surface area contributed by atoms with Crippen molar-refractivity contribution in [2.75, 3.05) is 23.8 Å². The Kier molecular flexibility index (Phi) is 6.31. The molecule has 1 amide bonds. The topological polar surface area (TPSA) is 67.4 Å². The zero-order valence-corrected chi connectivity index (χ0v) is 13.3. The molecule has 0 aliphatic heterocycles. The SMILES string of the molecule is CCCOC(=O)c1ccc(NC(=O)CNc2ccc(F)cc2)cc1. The number of halogens is 1. The van der Waals surface area contributed by atoms with Crippen molar-refractivity contribution in [2.24, 2.45) is 0 Å². The van der Waals surface area contributed by atoms with Gasteiger partial charge in [0, 0.05) is 11.4 Å². The van der Waals surface area contributed by atoms with Gasteiger partial charge in [-0.3, -0.25) is 4.79 Å². The highest BCUT2D eigenvalue weighted by Crippen LogP contribution is 2.11. The van der Waals surface area contributed by atoms with Gasteiger partial charge in [0.05, 0.1) is 18.7 Å². The van der Waals surface area contributed by atoms with E-state index >= 15 is 0 Å². The van der Waals surface area contributed by atoms with Gasteiger partial charge in [-0.15, -0.1) is 0 Å². The highest BCUT2D eigenvalue weighted by molar-refractivity contribution is 5.95. The summed E-state index contributed by atoms with van der Waals surface area (Å²) >= 11 is 0. The van der Waals surface area contributed by atoms with Gasteiger partial charge in [-0.2, -0.15) is 0 Å². The fourth-order valence-electron chi connectivity index (χ4n) is 1.92. The number of esters is 1. The van der Waals surface area contributed by atoms with Crippen LogP contribution in [0.1, 0.15) is 23.7 Å². The largest absolute Gasteiger partial charge is 0.462 e. The minimum atomic E-state index is -0.382. The minimum Gasteiger partial charge on any atom is -0.462 e. The predicted molar refractivity (Wildman–Crippen MR) is 90.5 cm³/mol. The van der Waals surface area contributed by atoms with E-state index in [0.29, 0.717) is 23.5 Å². The minimum absolute atomic E-state index is 0.0475. The van der Waals surface area contributed by atoms with E-state index in [-0.39, 0.29) is 24.2 Å². The van der Waals surface area contributed by atoms with E-state index in [4.69, 9.17) is 4.74 Å². The summed E-state index contributed by atoms with van der Waals surface area (Å²) < 4.78 is 17.8. The van der Waals surface area contributed by atoms with Crippen molar-refractivity contribution in [1.29, 1.82) is 0 Å². The van der Waals surface area contributed by atoms with Crippen LogP contribution in [-0.4, -0.2) is 25.0 Å². The first-order valence-electron chi connectivity index (χ1n) is 7.65. The highest BCUT2D eigenvalue weighted by atomic mass is 19.1. The van der Waals surface area contributed by atoms with Crippen LogP contribution in [-0.2, 0) is 9.53 Å². The summed E-state index contributed by atoms with van der Waals surface area (Å²) in [6.07, 6.45) is 0.765. The number of nitrogens with one attached hydrogen (secondary N) is 2. The van der Waals surface area contributed by atoms with Crippen molar-refractivity contribution in [3.63, 3.8) is 0 Å². The van der Waals surface area contributed by atoms with Gasteiger partial charge in [-0.25, -0.2) is 9.18 Å². The maximum absolute atomic E-state index is 12.8. The Bertz CT molecular complexity index is 684. The molecule has 0 radical (unpaired) electrons. The molecule has 0 aliphatic rings. The van der Waals surface area contributed by atoms with E-state index in [0.717, 1.165) is 6.42 Å². The summed E-state index contributed by atoms with van der Waals surface area (Å²) in [4.78, 5) is 23.5. The number of ether oxygens (including phenoxy) is 1. The molecule has 0 saturated carbocycles. The monoisotopic (exact) mass is 330 g/mol. The second-order valence-electron chi connectivity index (χ2n) is 5.12. The molecular weight excluding hydrogens is 311 g/mol. The number of carbonyl (C=O) groups is 2. The lowest BCUT2D eigenvalue weighted by Gasteiger charge is -2.08. The van der Waals surface area contributed by atoms with Crippen molar-refractivity contribution in [3.8, 4) is 0 Å². The van der Waals surface area contributed by atoms with Crippen LogP contribution in [0.5, 0.6) is 0 Å². The van der Waals surface area contributed by atoms with Crippen LogP contribution in [0, 0.1) is 5.82 Å². The average Bonchev–Trinajstić information content (AvgIpc) is 2.60. The van der Waals surface area contributed by atoms with Crippen molar-refractivity contribution < 1.29 is 18.7 Å². The first-order chi connectivity index (χ1) is 11.6. The fraction of sp³-hybridized carbons (Fsp3) is 0.222. The zero-order valence-electron chi connectivity index (χ0n) is 13.3.